The van der Waals surface area contributed by atoms with E-state index in [2.05, 4.69) is 16.0 Å². The van der Waals surface area contributed by atoms with Crippen LogP contribution in [0.2, 0.25) is 0 Å². The van der Waals surface area contributed by atoms with Crippen molar-refractivity contribution < 1.29 is 23.9 Å². The van der Waals surface area contributed by atoms with Gasteiger partial charge >= 0.3 is 5.97 Å². The van der Waals surface area contributed by atoms with Crippen LogP contribution in [0.4, 0.5) is 5.69 Å². The van der Waals surface area contributed by atoms with Crippen molar-refractivity contribution in [2.45, 2.75) is 52.1 Å². The molecule has 1 aromatic rings. The minimum absolute atomic E-state index is 0.0653. The topological polar surface area (TPSA) is 117 Å². The monoisotopic (exact) mass is 432 g/mol. The number of ether oxygens (including phenoxy) is 1. The Morgan fingerprint density at radius 3 is 2.77 bits per heavy atom. The molecule has 0 radical (unpaired) electrons. The van der Waals surface area contributed by atoms with Crippen LogP contribution < -0.4 is 16.0 Å². The third kappa shape index (κ3) is 7.27. The number of carbonyl (C=O) groups is 4. The number of hydrogen-bond donors (Lipinski definition) is 3. The van der Waals surface area contributed by atoms with E-state index >= 15 is 0 Å². The maximum absolute atomic E-state index is 12.8. The number of carbonyl (C=O) groups excluding carboxylic acids is 4. The molecule has 1 heterocycles. The van der Waals surface area contributed by atoms with Crippen molar-refractivity contribution in [1.29, 1.82) is 0 Å². The first-order valence-corrected chi connectivity index (χ1v) is 10.7. The molecule has 9 nitrogen and oxygen atoms in total. The van der Waals surface area contributed by atoms with Crippen molar-refractivity contribution in [3.63, 3.8) is 0 Å². The molecular formula is C22H32N4O5. The molecule has 2 rings (SSSR count). The molecule has 1 saturated heterocycles. The third-order valence-corrected chi connectivity index (χ3v) is 5.04. The predicted octanol–water partition coefficient (Wildman–Crippen LogP) is 1.30. The number of esters is 1. The fourth-order valence-electron chi connectivity index (χ4n) is 3.11. The van der Waals surface area contributed by atoms with Crippen molar-refractivity contribution in [2.24, 2.45) is 0 Å². The summed E-state index contributed by atoms with van der Waals surface area (Å²) in [4.78, 5) is 50.7. The number of anilines is 1. The fraction of sp³-hybridized carbons (Fsp3) is 0.545. The molecule has 2 unspecified atom stereocenters. The van der Waals surface area contributed by atoms with Gasteiger partial charge in [0.15, 0.2) is 0 Å². The van der Waals surface area contributed by atoms with Crippen LogP contribution in [0.15, 0.2) is 24.3 Å². The van der Waals surface area contributed by atoms with Gasteiger partial charge in [-0.05, 0) is 38.0 Å². The number of nitrogens with one attached hydrogen (secondary N) is 3. The first-order chi connectivity index (χ1) is 14.8. The molecule has 0 aliphatic carbocycles. The molecule has 0 bridgehead atoms. The predicted molar refractivity (Wildman–Crippen MR) is 117 cm³/mol. The molecule has 1 aliphatic heterocycles. The normalized spacial score (nSPS) is 16.8. The smallest absolute Gasteiger partial charge is 0.308 e. The SMILES string of the molecule is CCCOC(=O)CC1C(=O)NCCN1C(=O)CNc1cccc(C(=O)NC(C)CC)c1. The van der Waals surface area contributed by atoms with Gasteiger partial charge in [-0.15, -0.1) is 0 Å². The molecule has 1 fully saturated rings. The maximum Gasteiger partial charge on any atom is 0.308 e. The van der Waals surface area contributed by atoms with Crippen LogP contribution in [-0.2, 0) is 19.1 Å². The van der Waals surface area contributed by atoms with Crippen molar-refractivity contribution in [3.8, 4) is 0 Å². The minimum Gasteiger partial charge on any atom is -0.466 e. The van der Waals surface area contributed by atoms with Gasteiger partial charge in [0, 0.05) is 30.4 Å². The van der Waals surface area contributed by atoms with E-state index in [0.29, 0.717) is 30.8 Å². The average molecular weight is 433 g/mol. The van der Waals surface area contributed by atoms with Crippen LogP contribution in [0, 0.1) is 0 Å². The van der Waals surface area contributed by atoms with Gasteiger partial charge in [-0.2, -0.15) is 0 Å². The van der Waals surface area contributed by atoms with E-state index in [9.17, 15) is 19.2 Å². The van der Waals surface area contributed by atoms with E-state index in [4.69, 9.17) is 4.74 Å². The van der Waals surface area contributed by atoms with Gasteiger partial charge in [-0.25, -0.2) is 0 Å². The molecule has 31 heavy (non-hydrogen) atoms. The molecule has 3 N–H and O–H groups in total. The fourth-order valence-corrected chi connectivity index (χ4v) is 3.11. The average Bonchev–Trinajstić information content (AvgIpc) is 2.77. The van der Waals surface area contributed by atoms with E-state index in [1.807, 2.05) is 20.8 Å². The van der Waals surface area contributed by atoms with Crippen molar-refractivity contribution in [1.82, 2.24) is 15.5 Å². The van der Waals surface area contributed by atoms with Crippen LogP contribution in [0.5, 0.6) is 0 Å². The van der Waals surface area contributed by atoms with Crippen LogP contribution in [0.1, 0.15) is 50.4 Å². The Morgan fingerprint density at radius 1 is 1.29 bits per heavy atom. The molecule has 0 saturated carbocycles. The molecule has 1 aromatic carbocycles. The summed E-state index contributed by atoms with van der Waals surface area (Å²) in [6, 6.07) is 6.05. The molecule has 2 atom stereocenters. The van der Waals surface area contributed by atoms with Gasteiger partial charge in [0.25, 0.3) is 5.91 Å². The summed E-state index contributed by atoms with van der Waals surface area (Å²) in [5, 5.41) is 8.60. The second kappa shape index (κ2) is 11.9. The lowest BCUT2D eigenvalue weighted by Gasteiger charge is -2.34. The molecule has 170 valence electrons. The van der Waals surface area contributed by atoms with E-state index < -0.39 is 12.0 Å². The second-order valence-corrected chi connectivity index (χ2v) is 7.54. The summed E-state index contributed by atoms with van der Waals surface area (Å²) in [7, 11) is 0. The summed E-state index contributed by atoms with van der Waals surface area (Å²) in [6.07, 6.45) is 1.33. The largest absolute Gasteiger partial charge is 0.466 e. The standard InChI is InChI=1S/C22H32N4O5/c1-4-11-31-20(28)13-18-22(30)23-9-10-26(18)19(27)14-24-17-8-6-7-16(12-17)21(29)25-15(3)5-2/h6-8,12,15,18,24H,4-5,9-11,13-14H2,1-3H3,(H,23,30)(H,25,29). The van der Waals surface area contributed by atoms with Crippen molar-refractivity contribution >= 4 is 29.4 Å². The summed E-state index contributed by atoms with van der Waals surface area (Å²) in [5.74, 6) is -1.35. The van der Waals surface area contributed by atoms with Crippen LogP contribution >= 0.6 is 0 Å². The first kappa shape index (κ1) is 24.2. The highest BCUT2D eigenvalue weighted by Gasteiger charge is 2.34. The Morgan fingerprint density at radius 2 is 2.06 bits per heavy atom. The highest BCUT2D eigenvalue weighted by molar-refractivity contribution is 5.96. The Balaban J connectivity index is 1.98. The van der Waals surface area contributed by atoms with Gasteiger partial charge in [0.2, 0.25) is 11.8 Å². The maximum atomic E-state index is 12.8. The number of benzene rings is 1. The summed E-state index contributed by atoms with van der Waals surface area (Å²) >= 11 is 0. The Kier molecular flexibility index (Phi) is 9.30. The highest BCUT2D eigenvalue weighted by atomic mass is 16.5. The molecule has 0 aromatic heterocycles. The third-order valence-electron chi connectivity index (χ3n) is 5.04. The molecular weight excluding hydrogens is 400 g/mol. The van der Waals surface area contributed by atoms with Gasteiger partial charge in [-0.3, -0.25) is 19.2 Å². The van der Waals surface area contributed by atoms with Gasteiger partial charge in [0.1, 0.15) is 6.04 Å². The van der Waals surface area contributed by atoms with E-state index in [-0.39, 0.29) is 43.3 Å². The van der Waals surface area contributed by atoms with Crippen LogP contribution in [-0.4, -0.2) is 66.9 Å². The zero-order chi connectivity index (χ0) is 22.8. The first-order valence-electron chi connectivity index (χ1n) is 10.7. The Hall–Kier alpha value is -3.10. The van der Waals surface area contributed by atoms with Crippen LogP contribution in [0.3, 0.4) is 0 Å². The summed E-state index contributed by atoms with van der Waals surface area (Å²) in [5.41, 5.74) is 1.11. The second-order valence-electron chi connectivity index (χ2n) is 7.54. The van der Waals surface area contributed by atoms with E-state index in [1.165, 1.54) is 4.90 Å². The zero-order valence-corrected chi connectivity index (χ0v) is 18.4. The molecule has 0 spiro atoms. The van der Waals surface area contributed by atoms with E-state index in [1.54, 1.807) is 24.3 Å². The van der Waals surface area contributed by atoms with Gasteiger partial charge in [0.05, 0.1) is 19.6 Å². The minimum atomic E-state index is -0.889. The quantitative estimate of drug-likeness (QED) is 0.480. The number of hydrogen-bond acceptors (Lipinski definition) is 6. The molecule has 1 aliphatic rings. The molecule has 9 heteroatoms. The zero-order valence-electron chi connectivity index (χ0n) is 18.4. The Bertz CT molecular complexity index is 798. The van der Waals surface area contributed by atoms with E-state index in [0.717, 1.165) is 6.42 Å². The Labute approximate surface area is 182 Å². The number of rotatable bonds is 10. The van der Waals surface area contributed by atoms with Gasteiger partial charge < -0.3 is 25.6 Å². The van der Waals surface area contributed by atoms with Crippen molar-refractivity contribution in [3.05, 3.63) is 29.8 Å². The molecule has 3 amide bonds. The number of piperazine rings is 1. The lowest BCUT2D eigenvalue weighted by atomic mass is 10.1. The summed E-state index contributed by atoms with van der Waals surface area (Å²) in [6.45, 7) is 6.67. The summed E-state index contributed by atoms with van der Waals surface area (Å²) < 4.78 is 5.06. The van der Waals surface area contributed by atoms with Crippen LogP contribution in [0.25, 0.3) is 0 Å². The lowest BCUT2D eigenvalue weighted by Crippen LogP contribution is -2.58. The van der Waals surface area contributed by atoms with Gasteiger partial charge in [-0.1, -0.05) is 19.9 Å². The highest BCUT2D eigenvalue weighted by Crippen LogP contribution is 2.14. The number of amides is 3. The lowest BCUT2D eigenvalue weighted by molar-refractivity contribution is -0.151. The number of nitrogens with zero attached hydrogens (tertiary/aromatic N) is 1. The van der Waals surface area contributed by atoms with Crippen molar-refractivity contribution in [2.75, 3.05) is 31.6 Å².